The molecular weight excluding hydrogens is 803 g/mol. The first-order valence-corrected chi connectivity index (χ1v) is 28.8. The van der Waals surface area contributed by atoms with E-state index in [1.807, 2.05) is 6.08 Å². The predicted octanol–water partition coefficient (Wildman–Crippen LogP) is 17.6. The van der Waals surface area contributed by atoms with E-state index in [9.17, 15) is 19.8 Å². The molecule has 0 saturated heterocycles. The van der Waals surface area contributed by atoms with Crippen molar-refractivity contribution in [1.29, 1.82) is 0 Å². The number of hydrogen-bond acceptors (Lipinski definition) is 5. The third-order valence-electron chi connectivity index (χ3n) is 13.1. The number of rotatable bonds is 53. The predicted molar refractivity (Wildman–Crippen MR) is 283 cm³/mol. The fraction of sp³-hybridized carbons (Fsp3) is 0.864. The van der Waals surface area contributed by atoms with E-state index in [1.165, 1.54) is 225 Å². The molecule has 0 radical (unpaired) electrons. The largest absolute Gasteiger partial charge is 0.466 e. The molecule has 0 aromatic heterocycles. The molecule has 6 heteroatoms. The van der Waals surface area contributed by atoms with Crippen LogP contribution >= 0.6 is 0 Å². The number of nitrogens with one attached hydrogen (secondary N) is 1. The van der Waals surface area contributed by atoms with Gasteiger partial charge >= 0.3 is 5.97 Å². The van der Waals surface area contributed by atoms with Crippen molar-refractivity contribution in [3.63, 3.8) is 0 Å². The summed E-state index contributed by atoms with van der Waals surface area (Å²) >= 11 is 0. The van der Waals surface area contributed by atoms with Crippen LogP contribution in [0.15, 0.2) is 36.5 Å². The van der Waals surface area contributed by atoms with Gasteiger partial charge in [0.2, 0.25) is 5.91 Å². The molecule has 382 valence electrons. The van der Waals surface area contributed by atoms with Crippen LogP contribution < -0.4 is 5.32 Å². The lowest BCUT2D eigenvalue weighted by atomic mass is 10.0. The zero-order valence-electron chi connectivity index (χ0n) is 43.5. The highest BCUT2D eigenvalue weighted by molar-refractivity contribution is 5.76. The van der Waals surface area contributed by atoms with Crippen molar-refractivity contribution < 1.29 is 24.5 Å². The summed E-state index contributed by atoms with van der Waals surface area (Å²) in [5, 5.41) is 23.0. The Labute approximate surface area is 404 Å². The Bertz CT molecular complexity index is 1060. The fourth-order valence-electron chi connectivity index (χ4n) is 8.68. The molecule has 0 spiro atoms. The number of carbonyl (C=O) groups excluding carboxylic acids is 2. The third-order valence-corrected chi connectivity index (χ3v) is 13.1. The molecule has 0 aromatic carbocycles. The van der Waals surface area contributed by atoms with Crippen molar-refractivity contribution in [1.82, 2.24) is 5.32 Å². The Morgan fingerprint density at radius 3 is 1.11 bits per heavy atom. The lowest BCUT2D eigenvalue weighted by molar-refractivity contribution is -0.143. The molecule has 0 fully saturated rings. The van der Waals surface area contributed by atoms with Crippen LogP contribution in [0.5, 0.6) is 0 Å². The Kier molecular flexibility index (Phi) is 53.1. The maximum absolute atomic E-state index is 12.4. The van der Waals surface area contributed by atoms with Gasteiger partial charge in [0.05, 0.1) is 25.4 Å². The number of ether oxygens (including phenoxy) is 1. The molecule has 0 aromatic rings. The zero-order valence-corrected chi connectivity index (χ0v) is 43.5. The van der Waals surface area contributed by atoms with Gasteiger partial charge < -0.3 is 20.3 Å². The van der Waals surface area contributed by atoms with Crippen LogP contribution in [0.4, 0.5) is 0 Å². The van der Waals surface area contributed by atoms with E-state index in [0.717, 1.165) is 51.4 Å². The first-order chi connectivity index (χ1) is 32.0. The molecule has 1 amide bonds. The summed E-state index contributed by atoms with van der Waals surface area (Å²) in [5.74, 6) is -0.0739. The van der Waals surface area contributed by atoms with Crippen LogP contribution in [0.1, 0.15) is 303 Å². The van der Waals surface area contributed by atoms with Crippen molar-refractivity contribution >= 4 is 11.9 Å². The molecule has 0 bridgehead atoms. The van der Waals surface area contributed by atoms with Crippen LogP contribution in [0.25, 0.3) is 0 Å². The molecular formula is C59H111NO5. The maximum Gasteiger partial charge on any atom is 0.305 e. The minimum atomic E-state index is -0.847. The van der Waals surface area contributed by atoms with E-state index >= 15 is 0 Å². The smallest absolute Gasteiger partial charge is 0.305 e. The summed E-state index contributed by atoms with van der Waals surface area (Å²) < 4.78 is 5.47. The van der Waals surface area contributed by atoms with Crippen molar-refractivity contribution in [2.75, 3.05) is 13.2 Å². The van der Waals surface area contributed by atoms with Crippen molar-refractivity contribution in [3.05, 3.63) is 36.5 Å². The minimum absolute atomic E-state index is 0.00128. The topological polar surface area (TPSA) is 95.9 Å². The van der Waals surface area contributed by atoms with E-state index in [0.29, 0.717) is 19.4 Å². The van der Waals surface area contributed by atoms with E-state index in [4.69, 9.17) is 4.74 Å². The fourth-order valence-corrected chi connectivity index (χ4v) is 8.68. The number of amides is 1. The third kappa shape index (κ3) is 51.3. The molecule has 0 aliphatic carbocycles. The molecule has 3 N–H and O–H groups in total. The van der Waals surface area contributed by atoms with Gasteiger partial charge in [0.15, 0.2) is 0 Å². The number of hydrogen-bond donors (Lipinski definition) is 3. The van der Waals surface area contributed by atoms with Gasteiger partial charge in [-0.1, -0.05) is 243 Å². The van der Waals surface area contributed by atoms with Gasteiger partial charge in [-0.15, -0.1) is 0 Å². The van der Waals surface area contributed by atoms with E-state index in [-0.39, 0.29) is 18.5 Å². The molecule has 6 nitrogen and oxygen atoms in total. The van der Waals surface area contributed by atoms with Gasteiger partial charge in [-0.05, 0) is 83.5 Å². The second kappa shape index (κ2) is 54.7. The summed E-state index contributed by atoms with van der Waals surface area (Å²) in [7, 11) is 0. The minimum Gasteiger partial charge on any atom is -0.466 e. The van der Waals surface area contributed by atoms with E-state index in [1.54, 1.807) is 6.08 Å². The summed E-state index contributed by atoms with van der Waals surface area (Å²) in [5.41, 5.74) is 0. The molecule has 0 aliphatic heterocycles. The number of esters is 1. The van der Waals surface area contributed by atoms with Crippen LogP contribution in [0.3, 0.4) is 0 Å². The van der Waals surface area contributed by atoms with Gasteiger partial charge in [0.25, 0.3) is 0 Å². The van der Waals surface area contributed by atoms with Crippen molar-refractivity contribution in [2.45, 2.75) is 315 Å². The molecule has 2 unspecified atom stereocenters. The Morgan fingerprint density at radius 1 is 0.415 bits per heavy atom. The highest BCUT2D eigenvalue weighted by Crippen LogP contribution is 2.16. The van der Waals surface area contributed by atoms with Crippen molar-refractivity contribution in [2.24, 2.45) is 0 Å². The molecule has 65 heavy (non-hydrogen) atoms. The van der Waals surface area contributed by atoms with Crippen LogP contribution in [-0.2, 0) is 14.3 Å². The highest BCUT2D eigenvalue weighted by Gasteiger charge is 2.18. The Balaban J connectivity index is 3.43. The number of aliphatic hydroxyl groups excluding tert-OH is 2. The SMILES string of the molecule is CCCCCC/C=C\CCCCCCCC(=O)OCCCCCCCCCCCCCC/C=C\CCCCCCCCCC(=O)NC(CO)C(O)/C=C/CCCCCCCCCCCC. The quantitative estimate of drug-likeness (QED) is 0.0321. The van der Waals surface area contributed by atoms with Crippen LogP contribution in [0.2, 0.25) is 0 Å². The zero-order chi connectivity index (χ0) is 47.2. The molecule has 2 atom stereocenters. The summed E-state index contributed by atoms with van der Waals surface area (Å²) in [6, 6.07) is -0.631. The van der Waals surface area contributed by atoms with Gasteiger partial charge in [-0.3, -0.25) is 9.59 Å². The van der Waals surface area contributed by atoms with Crippen LogP contribution in [0, 0.1) is 0 Å². The molecule has 0 rings (SSSR count). The second-order valence-corrected chi connectivity index (χ2v) is 19.6. The monoisotopic (exact) mass is 914 g/mol. The lowest BCUT2D eigenvalue weighted by Crippen LogP contribution is -2.45. The van der Waals surface area contributed by atoms with Gasteiger partial charge in [0, 0.05) is 12.8 Å². The number of carbonyl (C=O) groups is 2. The summed E-state index contributed by atoms with van der Waals surface area (Å²) in [6.07, 6.45) is 67.4. The molecule has 0 saturated carbocycles. The summed E-state index contributed by atoms with van der Waals surface area (Å²) in [4.78, 5) is 24.4. The average molecular weight is 915 g/mol. The summed E-state index contributed by atoms with van der Waals surface area (Å²) in [6.45, 7) is 4.87. The number of aliphatic hydroxyl groups is 2. The van der Waals surface area contributed by atoms with Gasteiger partial charge in [0.1, 0.15) is 0 Å². The first kappa shape index (κ1) is 63.1. The standard InChI is InChI=1S/C59H111NO5/c1-3-5-7-9-11-13-15-28-33-37-41-45-49-53-59(64)65-54-50-46-42-38-34-30-27-25-23-21-19-17-18-20-22-24-26-29-32-36-40-44-48-52-58(63)60-56(55-61)57(62)51-47-43-39-35-31-16-14-12-10-8-6-4-2/h13,15,20,22,47,51,56-57,61-62H,3-12,14,16-19,21,23-46,48-50,52-55H2,1-2H3,(H,60,63)/b15-13-,22-20-,51-47+. The Morgan fingerprint density at radius 2 is 0.723 bits per heavy atom. The second-order valence-electron chi connectivity index (χ2n) is 19.6. The van der Waals surface area contributed by atoms with Gasteiger partial charge in [-0.2, -0.15) is 0 Å². The average Bonchev–Trinajstić information content (AvgIpc) is 3.31. The lowest BCUT2D eigenvalue weighted by Gasteiger charge is -2.20. The molecule has 0 aliphatic rings. The molecule has 0 heterocycles. The number of unbranched alkanes of at least 4 members (excludes halogenated alkanes) is 38. The maximum atomic E-state index is 12.4. The van der Waals surface area contributed by atoms with Gasteiger partial charge in [-0.25, -0.2) is 0 Å². The highest BCUT2D eigenvalue weighted by atomic mass is 16.5. The van der Waals surface area contributed by atoms with E-state index < -0.39 is 12.1 Å². The van der Waals surface area contributed by atoms with E-state index in [2.05, 4.69) is 43.5 Å². The normalized spacial score (nSPS) is 12.9. The Hall–Kier alpha value is -1.92. The van der Waals surface area contributed by atoms with Crippen molar-refractivity contribution in [3.8, 4) is 0 Å². The van der Waals surface area contributed by atoms with Crippen LogP contribution in [-0.4, -0.2) is 47.4 Å². The first-order valence-electron chi connectivity index (χ1n) is 28.8. The number of allylic oxidation sites excluding steroid dienone is 5.